The summed E-state index contributed by atoms with van der Waals surface area (Å²) in [6.45, 7) is 2.09. The fraction of sp³-hybridized carbons (Fsp3) is 0.125. The topological polar surface area (TPSA) is 25.8 Å². The van der Waals surface area contributed by atoms with Crippen molar-refractivity contribution in [2.45, 2.75) is 13.3 Å². The molecule has 2 nitrogen and oxygen atoms in total. The molecule has 0 bridgehead atoms. The van der Waals surface area contributed by atoms with Gasteiger partial charge in [0.2, 0.25) is 0 Å². The van der Waals surface area contributed by atoms with Crippen molar-refractivity contribution in [1.29, 1.82) is 0 Å². The second kappa shape index (κ2) is 5.91. The Morgan fingerprint density at radius 2 is 1.90 bits per heavy atom. The van der Waals surface area contributed by atoms with Crippen molar-refractivity contribution in [3.8, 4) is 11.4 Å². The first-order valence-electron chi connectivity index (χ1n) is 6.50. The van der Waals surface area contributed by atoms with Gasteiger partial charge in [-0.1, -0.05) is 58.2 Å². The molecule has 0 atom stereocenters. The van der Waals surface area contributed by atoms with Gasteiger partial charge in [-0.2, -0.15) is 0 Å². The molecule has 0 radical (unpaired) electrons. The molecule has 0 fully saturated rings. The Bertz CT molecular complexity index is 834. The van der Waals surface area contributed by atoms with Gasteiger partial charge in [-0.15, -0.1) is 0 Å². The number of para-hydroxylation sites is 1. The van der Waals surface area contributed by atoms with Gasteiger partial charge < -0.3 is 0 Å². The fourth-order valence-electron chi connectivity index (χ4n) is 2.25. The lowest BCUT2D eigenvalue weighted by atomic mass is 10.1. The summed E-state index contributed by atoms with van der Waals surface area (Å²) in [6, 6.07) is 11.6. The Kier molecular flexibility index (Phi) is 4.16. The third kappa shape index (κ3) is 2.78. The lowest BCUT2D eigenvalue weighted by molar-refractivity contribution is 1.13. The molecule has 0 aliphatic heterocycles. The molecule has 21 heavy (non-hydrogen) atoms. The summed E-state index contributed by atoms with van der Waals surface area (Å²) in [7, 11) is 0. The normalized spacial score (nSPS) is 11.0. The number of benzene rings is 2. The number of nitrogens with zero attached hydrogens (tertiary/aromatic N) is 2. The predicted octanol–water partition coefficient (Wildman–Crippen LogP) is 5.93. The lowest BCUT2D eigenvalue weighted by Crippen LogP contribution is -1.95. The van der Waals surface area contributed by atoms with E-state index >= 15 is 0 Å². The standard InChI is InChI=1S/C16H11BrCl2N2/c1-2-9-4-3-5-11-14(9)20-16(21-15(11)19)12-8-10(17)6-7-13(12)18/h3-8H,2H2,1H3. The Labute approximate surface area is 141 Å². The van der Waals surface area contributed by atoms with Gasteiger partial charge in [-0.25, -0.2) is 9.97 Å². The van der Waals surface area contributed by atoms with Crippen LogP contribution < -0.4 is 0 Å². The molecule has 3 rings (SSSR count). The van der Waals surface area contributed by atoms with Crippen molar-refractivity contribution in [3.63, 3.8) is 0 Å². The molecular formula is C16H11BrCl2N2. The van der Waals surface area contributed by atoms with Crippen molar-refractivity contribution in [2.75, 3.05) is 0 Å². The smallest absolute Gasteiger partial charge is 0.163 e. The average Bonchev–Trinajstić information content (AvgIpc) is 2.49. The minimum absolute atomic E-state index is 0.446. The number of hydrogen-bond acceptors (Lipinski definition) is 2. The quantitative estimate of drug-likeness (QED) is 0.514. The van der Waals surface area contributed by atoms with E-state index in [1.807, 2.05) is 30.3 Å². The third-order valence-corrected chi connectivity index (χ3v) is 4.42. The first kappa shape index (κ1) is 14.8. The number of fused-ring (bicyclic) bond motifs is 1. The second-order valence-electron chi connectivity index (χ2n) is 4.63. The molecule has 3 aromatic rings. The highest BCUT2D eigenvalue weighted by atomic mass is 79.9. The van der Waals surface area contributed by atoms with Crippen LogP contribution in [0, 0.1) is 0 Å². The van der Waals surface area contributed by atoms with E-state index in [1.165, 1.54) is 0 Å². The molecular weight excluding hydrogens is 371 g/mol. The van der Waals surface area contributed by atoms with E-state index < -0.39 is 0 Å². The van der Waals surface area contributed by atoms with Gasteiger partial charge in [0.25, 0.3) is 0 Å². The largest absolute Gasteiger partial charge is 0.228 e. The molecule has 5 heteroatoms. The summed E-state index contributed by atoms with van der Waals surface area (Å²) in [5, 5.41) is 1.91. The molecule has 0 saturated heterocycles. The van der Waals surface area contributed by atoms with Crippen LogP contribution in [0.1, 0.15) is 12.5 Å². The minimum Gasteiger partial charge on any atom is -0.228 e. The molecule has 0 aliphatic rings. The zero-order valence-corrected chi connectivity index (χ0v) is 14.3. The Morgan fingerprint density at radius 3 is 2.67 bits per heavy atom. The summed E-state index contributed by atoms with van der Waals surface area (Å²) in [5.74, 6) is 0.541. The van der Waals surface area contributed by atoms with Gasteiger partial charge in [0.15, 0.2) is 5.82 Å². The second-order valence-corrected chi connectivity index (χ2v) is 6.31. The van der Waals surface area contributed by atoms with E-state index in [4.69, 9.17) is 23.2 Å². The van der Waals surface area contributed by atoms with Gasteiger partial charge in [0.1, 0.15) is 5.15 Å². The number of aromatic nitrogens is 2. The third-order valence-electron chi connectivity index (χ3n) is 3.31. The van der Waals surface area contributed by atoms with Gasteiger partial charge >= 0.3 is 0 Å². The molecule has 1 heterocycles. The van der Waals surface area contributed by atoms with E-state index in [0.717, 1.165) is 32.9 Å². The van der Waals surface area contributed by atoms with Crippen LogP contribution in [0.4, 0.5) is 0 Å². The maximum Gasteiger partial charge on any atom is 0.163 e. The van der Waals surface area contributed by atoms with Gasteiger partial charge in [0.05, 0.1) is 10.5 Å². The van der Waals surface area contributed by atoms with E-state index in [0.29, 0.717) is 16.0 Å². The summed E-state index contributed by atoms with van der Waals surface area (Å²) in [5.41, 5.74) is 2.79. The summed E-state index contributed by atoms with van der Waals surface area (Å²) in [4.78, 5) is 9.08. The van der Waals surface area contributed by atoms with E-state index in [2.05, 4.69) is 38.9 Å². The van der Waals surface area contributed by atoms with Crippen LogP contribution in [0.5, 0.6) is 0 Å². The fourth-order valence-corrected chi connectivity index (χ4v) is 3.04. The highest BCUT2D eigenvalue weighted by Crippen LogP contribution is 2.32. The van der Waals surface area contributed by atoms with Gasteiger partial charge in [-0.3, -0.25) is 0 Å². The first-order valence-corrected chi connectivity index (χ1v) is 8.05. The molecule has 1 aromatic heterocycles. The van der Waals surface area contributed by atoms with Crippen LogP contribution in [0.15, 0.2) is 40.9 Å². The predicted molar refractivity (Wildman–Crippen MR) is 92.1 cm³/mol. The Morgan fingerprint density at radius 1 is 1.10 bits per heavy atom. The highest BCUT2D eigenvalue weighted by molar-refractivity contribution is 9.10. The van der Waals surface area contributed by atoms with Gasteiger partial charge in [0, 0.05) is 15.4 Å². The molecule has 0 aliphatic carbocycles. The van der Waals surface area contributed by atoms with Crippen LogP contribution in [0.25, 0.3) is 22.3 Å². The monoisotopic (exact) mass is 380 g/mol. The van der Waals surface area contributed by atoms with Gasteiger partial charge in [-0.05, 0) is 36.2 Å². The van der Waals surface area contributed by atoms with Crippen molar-refractivity contribution in [1.82, 2.24) is 9.97 Å². The summed E-state index contributed by atoms with van der Waals surface area (Å²) >= 11 is 16.0. The molecule has 0 amide bonds. The maximum absolute atomic E-state index is 6.33. The van der Waals surface area contributed by atoms with E-state index in [1.54, 1.807) is 0 Å². The maximum atomic E-state index is 6.33. The molecule has 0 N–H and O–H groups in total. The average molecular weight is 382 g/mol. The highest BCUT2D eigenvalue weighted by Gasteiger charge is 2.13. The minimum atomic E-state index is 0.446. The van der Waals surface area contributed by atoms with Crippen molar-refractivity contribution < 1.29 is 0 Å². The zero-order chi connectivity index (χ0) is 15.0. The molecule has 106 valence electrons. The number of hydrogen-bond donors (Lipinski definition) is 0. The Hall–Kier alpha value is -1.16. The molecule has 0 unspecified atom stereocenters. The van der Waals surface area contributed by atoms with Crippen molar-refractivity contribution >= 4 is 50.0 Å². The molecule has 0 spiro atoms. The lowest BCUT2D eigenvalue weighted by Gasteiger charge is -2.09. The summed E-state index contributed by atoms with van der Waals surface area (Å²) < 4.78 is 0.922. The van der Waals surface area contributed by atoms with Crippen molar-refractivity contribution in [3.05, 3.63) is 56.6 Å². The van der Waals surface area contributed by atoms with Crippen LogP contribution >= 0.6 is 39.1 Å². The number of rotatable bonds is 2. The SMILES string of the molecule is CCc1cccc2c(Cl)nc(-c3cc(Br)ccc3Cl)nc12. The van der Waals surface area contributed by atoms with Crippen LogP contribution in [-0.4, -0.2) is 9.97 Å². The van der Waals surface area contributed by atoms with E-state index in [9.17, 15) is 0 Å². The summed E-state index contributed by atoms with van der Waals surface area (Å²) in [6.07, 6.45) is 0.885. The number of aryl methyl sites for hydroxylation is 1. The van der Waals surface area contributed by atoms with Crippen LogP contribution in [0.2, 0.25) is 10.2 Å². The zero-order valence-electron chi connectivity index (χ0n) is 11.2. The van der Waals surface area contributed by atoms with Crippen LogP contribution in [0.3, 0.4) is 0 Å². The Balaban J connectivity index is 2.31. The molecule has 0 saturated carbocycles. The van der Waals surface area contributed by atoms with Crippen molar-refractivity contribution in [2.24, 2.45) is 0 Å². The van der Waals surface area contributed by atoms with E-state index in [-0.39, 0.29) is 0 Å². The number of halogens is 3. The van der Waals surface area contributed by atoms with Crippen LogP contribution in [-0.2, 0) is 6.42 Å². The molecule has 2 aromatic carbocycles. The first-order chi connectivity index (χ1) is 10.1.